The Hall–Kier alpha value is -1.30. The molecule has 3 heterocycles. The molecule has 2 saturated heterocycles. The Kier molecular flexibility index (Phi) is 3.59. The molecule has 3 nitrogen and oxygen atoms in total. The van der Waals surface area contributed by atoms with Gasteiger partial charge in [-0.25, -0.2) is 4.98 Å². The summed E-state index contributed by atoms with van der Waals surface area (Å²) in [6.07, 6.45) is -0.999. The molecule has 0 bridgehead atoms. The summed E-state index contributed by atoms with van der Waals surface area (Å²) in [7, 11) is 0. The number of anilines is 1. The molecule has 0 aromatic carbocycles. The zero-order valence-electron chi connectivity index (χ0n) is 12.1. The maximum absolute atomic E-state index is 12.9. The maximum atomic E-state index is 12.9. The van der Waals surface area contributed by atoms with E-state index in [0.717, 1.165) is 51.5 Å². The van der Waals surface area contributed by atoms with Crippen molar-refractivity contribution < 1.29 is 13.2 Å². The summed E-state index contributed by atoms with van der Waals surface area (Å²) in [5.74, 6) is 0.463. The molecular weight excluding hydrogens is 279 g/mol. The third kappa shape index (κ3) is 3.00. The molecule has 1 atom stereocenters. The molecule has 1 aromatic heterocycles. The van der Waals surface area contributed by atoms with E-state index in [0.29, 0.717) is 11.5 Å². The van der Waals surface area contributed by atoms with E-state index in [1.54, 1.807) is 6.92 Å². The van der Waals surface area contributed by atoms with Gasteiger partial charge in [-0.1, -0.05) is 0 Å². The number of nitrogens with one attached hydrogen (secondary N) is 1. The van der Waals surface area contributed by atoms with Crippen LogP contribution >= 0.6 is 0 Å². The summed E-state index contributed by atoms with van der Waals surface area (Å²) in [4.78, 5) is 6.32. The molecule has 1 spiro atoms. The molecule has 1 N–H and O–H groups in total. The molecular formula is C15H20F3N3. The number of hydrogen-bond acceptors (Lipinski definition) is 3. The minimum Gasteiger partial charge on any atom is -0.356 e. The molecule has 0 aliphatic carbocycles. The third-order valence-electron chi connectivity index (χ3n) is 4.59. The van der Waals surface area contributed by atoms with Crippen molar-refractivity contribution in [1.82, 2.24) is 10.3 Å². The molecule has 0 radical (unpaired) electrons. The van der Waals surface area contributed by atoms with Crippen molar-refractivity contribution in [2.45, 2.75) is 32.4 Å². The van der Waals surface area contributed by atoms with E-state index in [2.05, 4.69) is 10.3 Å². The second-order valence-electron chi connectivity index (χ2n) is 6.31. The standard InChI is InChI=1S/C15H20F3N3/c1-11-7-12(15(16,17)18)8-13(20-11)21-6-4-14(10-21)3-2-5-19-9-14/h7-8,19H,2-6,9-10H2,1H3/t14-/m1/s1. The third-order valence-corrected chi connectivity index (χ3v) is 4.59. The van der Waals surface area contributed by atoms with Gasteiger partial charge in [0.25, 0.3) is 0 Å². The van der Waals surface area contributed by atoms with Gasteiger partial charge in [-0.2, -0.15) is 13.2 Å². The number of pyridine rings is 1. The fourth-order valence-electron chi connectivity index (χ4n) is 3.49. The van der Waals surface area contributed by atoms with E-state index in [1.165, 1.54) is 6.07 Å². The maximum Gasteiger partial charge on any atom is 0.416 e. The summed E-state index contributed by atoms with van der Waals surface area (Å²) in [6.45, 7) is 5.21. The van der Waals surface area contributed by atoms with E-state index < -0.39 is 11.7 Å². The van der Waals surface area contributed by atoms with Crippen molar-refractivity contribution >= 4 is 5.82 Å². The zero-order valence-corrected chi connectivity index (χ0v) is 12.1. The lowest BCUT2D eigenvalue weighted by atomic mass is 9.80. The SMILES string of the molecule is Cc1cc(C(F)(F)F)cc(N2CC[C@@]3(CCCNC3)C2)n1. The summed E-state index contributed by atoms with van der Waals surface area (Å²) < 4.78 is 38.8. The second-order valence-corrected chi connectivity index (χ2v) is 6.31. The number of rotatable bonds is 1. The Balaban J connectivity index is 1.83. The average molecular weight is 299 g/mol. The molecule has 116 valence electrons. The first kappa shape index (κ1) is 14.6. The van der Waals surface area contributed by atoms with E-state index in [4.69, 9.17) is 0 Å². The highest BCUT2D eigenvalue weighted by Crippen LogP contribution is 2.39. The number of hydrogen-bond donors (Lipinski definition) is 1. The Morgan fingerprint density at radius 2 is 2.10 bits per heavy atom. The quantitative estimate of drug-likeness (QED) is 0.864. The van der Waals surface area contributed by atoms with Gasteiger partial charge in [-0.15, -0.1) is 0 Å². The number of nitrogens with zero attached hydrogens (tertiary/aromatic N) is 2. The predicted molar refractivity (Wildman–Crippen MR) is 75.3 cm³/mol. The van der Waals surface area contributed by atoms with E-state index in [9.17, 15) is 13.2 Å². The topological polar surface area (TPSA) is 28.2 Å². The lowest BCUT2D eigenvalue weighted by Gasteiger charge is -2.34. The molecule has 21 heavy (non-hydrogen) atoms. The lowest BCUT2D eigenvalue weighted by Crippen LogP contribution is -2.42. The van der Waals surface area contributed by atoms with Crippen molar-refractivity contribution in [1.29, 1.82) is 0 Å². The highest BCUT2D eigenvalue weighted by molar-refractivity contribution is 5.45. The van der Waals surface area contributed by atoms with Gasteiger partial charge in [-0.05, 0) is 44.9 Å². The lowest BCUT2D eigenvalue weighted by molar-refractivity contribution is -0.137. The summed E-state index contributed by atoms with van der Waals surface area (Å²) in [5.41, 5.74) is 0.0254. The van der Waals surface area contributed by atoms with Crippen LogP contribution in [-0.2, 0) is 6.18 Å². The highest BCUT2D eigenvalue weighted by atomic mass is 19.4. The van der Waals surface area contributed by atoms with Gasteiger partial charge in [0.15, 0.2) is 0 Å². The fraction of sp³-hybridized carbons (Fsp3) is 0.667. The van der Waals surface area contributed by atoms with Crippen LogP contribution in [-0.4, -0.2) is 31.2 Å². The van der Waals surface area contributed by atoms with Crippen LogP contribution in [0.4, 0.5) is 19.0 Å². The molecule has 0 unspecified atom stereocenters. The Morgan fingerprint density at radius 1 is 1.29 bits per heavy atom. The molecule has 6 heteroatoms. The van der Waals surface area contributed by atoms with Gasteiger partial charge in [0, 0.05) is 30.7 Å². The van der Waals surface area contributed by atoms with Gasteiger partial charge in [0.1, 0.15) is 5.82 Å². The van der Waals surface area contributed by atoms with Gasteiger partial charge < -0.3 is 10.2 Å². The number of alkyl halides is 3. The minimum absolute atomic E-state index is 0.210. The van der Waals surface area contributed by atoms with E-state index in [-0.39, 0.29) is 5.41 Å². The Labute approximate surface area is 122 Å². The van der Waals surface area contributed by atoms with Crippen LogP contribution < -0.4 is 10.2 Å². The van der Waals surface area contributed by atoms with Crippen molar-refractivity contribution in [3.05, 3.63) is 23.4 Å². The molecule has 2 fully saturated rings. The van der Waals surface area contributed by atoms with Crippen LogP contribution in [0.2, 0.25) is 0 Å². The highest BCUT2D eigenvalue weighted by Gasteiger charge is 2.40. The Bertz CT molecular complexity index is 521. The van der Waals surface area contributed by atoms with Crippen molar-refractivity contribution in [3.8, 4) is 0 Å². The van der Waals surface area contributed by atoms with Crippen molar-refractivity contribution in [2.24, 2.45) is 5.41 Å². The first-order valence-electron chi connectivity index (χ1n) is 7.40. The van der Waals surface area contributed by atoms with Gasteiger partial charge >= 0.3 is 6.18 Å². The smallest absolute Gasteiger partial charge is 0.356 e. The predicted octanol–water partition coefficient (Wildman–Crippen LogP) is 2.99. The second kappa shape index (κ2) is 5.16. The Morgan fingerprint density at radius 3 is 2.76 bits per heavy atom. The van der Waals surface area contributed by atoms with E-state index in [1.807, 2.05) is 4.90 Å². The molecule has 3 rings (SSSR count). The fourth-order valence-corrected chi connectivity index (χ4v) is 3.49. The largest absolute Gasteiger partial charge is 0.416 e. The van der Waals surface area contributed by atoms with Crippen LogP contribution in [0.25, 0.3) is 0 Å². The van der Waals surface area contributed by atoms with Crippen LogP contribution in [0.3, 0.4) is 0 Å². The van der Waals surface area contributed by atoms with Crippen LogP contribution in [0.5, 0.6) is 0 Å². The van der Waals surface area contributed by atoms with Crippen LogP contribution in [0.15, 0.2) is 12.1 Å². The van der Waals surface area contributed by atoms with Crippen molar-refractivity contribution in [3.63, 3.8) is 0 Å². The van der Waals surface area contributed by atoms with Crippen molar-refractivity contribution in [2.75, 3.05) is 31.1 Å². The monoisotopic (exact) mass is 299 g/mol. The number of aromatic nitrogens is 1. The normalized spacial score (nSPS) is 26.6. The van der Waals surface area contributed by atoms with Crippen LogP contribution in [0.1, 0.15) is 30.5 Å². The molecule has 2 aliphatic heterocycles. The molecule has 2 aliphatic rings. The van der Waals surface area contributed by atoms with Gasteiger partial charge in [0.05, 0.1) is 5.56 Å². The van der Waals surface area contributed by atoms with E-state index >= 15 is 0 Å². The number of piperidine rings is 1. The molecule has 1 aromatic rings. The molecule has 0 saturated carbocycles. The van der Waals surface area contributed by atoms with Gasteiger partial charge in [0.2, 0.25) is 0 Å². The average Bonchev–Trinajstić information content (AvgIpc) is 2.82. The first-order chi connectivity index (χ1) is 9.88. The minimum atomic E-state index is -4.31. The summed E-state index contributed by atoms with van der Waals surface area (Å²) in [5, 5.41) is 3.41. The number of aryl methyl sites for hydroxylation is 1. The van der Waals surface area contributed by atoms with Gasteiger partial charge in [-0.3, -0.25) is 0 Å². The van der Waals surface area contributed by atoms with Crippen LogP contribution in [0, 0.1) is 12.3 Å². The summed E-state index contributed by atoms with van der Waals surface area (Å²) >= 11 is 0. The zero-order chi connectivity index (χ0) is 15.1. The summed E-state index contributed by atoms with van der Waals surface area (Å²) in [6, 6.07) is 2.29. The first-order valence-corrected chi connectivity index (χ1v) is 7.40. The molecule has 0 amide bonds. The number of halogens is 3.